The van der Waals surface area contributed by atoms with Crippen LogP contribution in [0.5, 0.6) is 0 Å². The van der Waals surface area contributed by atoms with E-state index in [-0.39, 0.29) is 10.3 Å². The van der Waals surface area contributed by atoms with E-state index in [0.717, 1.165) is 52.7 Å². The lowest BCUT2D eigenvalue weighted by molar-refractivity contribution is 0.186. The summed E-state index contributed by atoms with van der Waals surface area (Å²) in [5.41, 5.74) is 12.1. The van der Waals surface area contributed by atoms with Gasteiger partial charge in [0.05, 0.1) is 10.1 Å². The van der Waals surface area contributed by atoms with E-state index in [1.807, 2.05) is 24.3 Å². The van der Waals surface area contributed by atoms with E-state index in [4.69, 9.17) is 27.7 Å². The summed E-state index contributed by atoms with van der Waals surface area (Å²) in [5, 5.41) is 35.8. The summed E-state index contributed by atoms with van der Waals surface area (Å²) in [7, 11) is 0. The Morgan fingerprint density at radius 3 is 2.45 bits per heavy atom. The van der Waals surface area contributed by atoms with Crippen molar-refractivity contribution in [1.29, 1.82) is 16.2 Å². The van der Waals surface area contributed by atoms with Crippen LogP contribution in [0.1, 0.15) is 31.2 Å². The van der Waals surface area contributed by atoms with Gasteiger partial charge < -0.3 is 16.6 Å². The zero-order valence-corrected chi connectivity index (χ0v) is 17.5. The molecule has 2 aromatic rings. The Morgan fingerprint density at radius 2 is 1.76 bits per heavy atom. The second-order valence-electron chi connectivity index (χ2n) is 6.29. The first-order chi connectivity index (χ1) is 13.8. The maximum absolute atomic E-state index is 10.3. The molecular formula is C19H25N7OS2. The van der Waals surface area contributed by atoms with Crippen LogP contribution in [-0.2, 0) is 6.42 Å². The van der Waals surface area contributed by atoms with Crippen molar-refractivity contribution in [3.8, 4) is 0 Å². The zero-order chi connectivity index (χ0) is 21.2. The monoisotopic (exact) mass is 431 g/mol. The third kappa shape index (κ3) is 8.22. The minimum Gasteiger partial charge on any atom is -0.378 e. The number of nitrogens with two attached hydrogens (primary N) is 2. The van der Waals surface area contributed by atoms with Crippen LogP contribution in [0.4, 0.5) is 0 Å². The van der Waals surface area contributed by atoms with E-state index in [1.165, 1.54) is 0 Å². The number of aliphatic hydroxyl groups is 1. The molecule has 1 aromatic carbocycles. The highest BCUT2D eigenvalue weighted by atomic mass is 32.2. The number of aromatic nitrogens is 1. The number of rotatable bonds is 8. The van der Waals surface area contributed by atoms with E-state index < -0.39 is 6.23 Å². The number of unbranched alkanes of at least 4 members (excludes halogenated alkanes) is 1. The fourth-order valence-electron chi connectivity index (χ4n) is 2.72. The lowest BCUT2D eigenvalue weighted by atomic mass is 10.0. The predicted molar refractivity (Wildman–Crippen MR) is 124 cm³/mol. The molecule has 0 radical (unpaired) electrons. The summed E-state index contributed by atoms with van der Waals surface area (Å²) in [4.78, 5) is 8.19. The van der Waals surface area contributed by atoms with Crippen LogP contribution in [-0.4, -0.2) is 36.7 Å². The number of aliphatic hydroxyl groups excluding tert-OH is 1. The van der Waals surface area contributed by atoms with E-state index in [1.54, 1.807) is 12.4 Å². The first-order valence-corrected chi connectivity index (χ1v) is 10.7. The molecule has 1 atom stereocenters. The maximum atomic E-state index is 10.3. The number of benzene rings is 1. The van der Waals surface area contributed by atoms with Crippen LogP contribution in [0.3, 0.4) is 0 Å². The van der Waals surface area contributed by atoms with Crippen LogP contribution in [0.2, 0.25) is 0 Å². The highest BCUT2D eigenvalue weighted by Gasteiger charge is 2.10. The summed E-state index contributed by atoms with van der Waals surface area (Å²) < 4.78 is 0. The molecule has 0 aliphatic carbocycles. The standard InChI is InChI=1S/C19H25N7OS2/c20-15(28-18(22)23)6-1-2-7-16(21)29-19(24)26-17(27)10-12-4-3-5-13-11-25-9-8-14(12)13/h3-5,8-9,11,17,20-21,27H,1-2,6-7,10H2,(H3,22,23)(H2,24,26). The minimum absolute atomic E-state index is 0.0824. The van der Waals surface area contributed by atoms with Gasteiger partial charge in [-0.2, -0.15) is 0 Å². The molecule has 1 unspecified atom stereocenters. The molecule has 2 rings (SSSR count). The van der Waals surface area contributed by atoms with Crippen molar-refractivity contribution in [3.05, 3.63) is 42.2 Å². The first-order valence-electron chi connectivity index (χ1n) is 9.02. The van der Waals surface area contributed by atoms with Crippen molar-refractivity contribution in [2.75, 3.05) is 0 Å². The number of thioether (sulfide) groups is 2. The van der Waals surface area contributed by atoms with Crippen molar-refractivity contribution in [2.24, 2.45) is 16.5 Å². The Morgan fingerprint density at radius 1 is 1.07 bits per heavy atom. The molecule has 0 amide bonds. The highest BCUT2D eigenvalue weighted by Crippen LogP contribution is 2.20. The average molecular weight is 432 g/mol. The van der Waals surface area contributed by atoms with Gasteiger partial charge in [0.2, 0.25) is 0 Å². The van der Waals surface area contributed by atoms with E-state index >= 15 is 0 Å². The van der Waals surface area contributed by atoms with Gasteiger partial charge in [0.15, 0.2) is 16.6 Å². The second-order valence-corrected chi connectivity index (χ2v) is 8.54. The number of hydrogen-bond acceptors (Lipinski definition) is 8. The van der Waals surface area contributed by atoms with Crippen LogP contribution in [0.15, 0.2) is 41.7 Å². The van der Waals surface area contributed by atoms with Gasteiger partial charge >= 0.3 is 0 Å². The molecule has 154 valence electrons. The molecule has 0 saturated carbocycles. The lowest BCUT2D eigenvalue weighted by Crippen LogP contribution is -2.17. The lowest BCUT2D eigenvalue weighted by Gasteiger charge is -2.10. The van der Waals surface area contributed by atoms with Crippen molar-refractivity contribution in [1.82, 2.24) is 4.98 Å². The van der Waals surface area contributed by atoms with Crippen LogP contribution in [0, 0.1) is 16.2 Å². The molecule has 1 heterocycles. The molecule has 10 heteroatoms. The van der Waals surface area contributed by atoms with Gasteiger partial charge in [0.25, 0.3) is 0 Å². The molecule has 0 saturated heterocycles. The number of fused-ring (bicyclic) bond motifs is 1. The summed E-state index contributed by atoms with van der Waals surface area (Å²) in [5.74, 6) is 0. The topological polar surface area (TPSA) is 169 Å². The van der Waals surface area contributed by atoms with Crippen LogP contribution in [0.25, 0.3) is 10.8 Å². The number of nitrogens with one attached hydrogen (secondary N) is 3. The molecule has 0 spiro atoms. The molecule has 0 aliphatic rings. The quantitative estimate of drug-likeness (QED) is 0.213. The molecule has 1 aromatic heterocycles. The smallest absolute Gasteiger partial charge is 0.162 e. The molecule has 29 heavy (non-hydrogen) atoms. The van der Waals surface area contributed by atoms with Crippen molar-refractivity contribution in [3.63, 3.8) is 0 Å². The number of pyridine rings is 1. The van der Waals surface area contributed by atoms with Gasteiger partial charge in [-0.15, -0.1) is 0 Å². The summed E-state index contributed by atoms with van der Waals surface area (Å²) in [6.45, 7) is 0. The molecule has 0 fully saturated rings. The van der Waals surface area contributed by atoms with Gasteiger partial charge in [-0.05, 0) is 66.2 Å². The van der Waals surface area contributed by atoms with Crippen LogP contribution >= 0.6 is 23.5 Å². The second kappa shape index (κ2) is 11.5. The van der Waals surface area contributed by atoms with Gasteiger partial charge in [0, 0.05) is 24.2 Å². The van der Waals surface area contributed by atoms with E-state index in [0.29, 0.717) is 29.3 Å². The van der Waals surface area contributed by atoms with Gasteiger partial charge in [-0.25, -0.2) is 4.99 Å². The summed E-state index contributed by atoms with van der Waals surface area (Å²) >= 11 is 1.99. The Bertz CT molecular complexity index is 911. The van der Waals surface area contributed by atoms with Crippen molar-refractivity contribution >= 4 is 54.7 Å². The highest BCUT2D eigenvalue weighted by molar-refractivity contribution is 8.26. The van der Waals surface area contributed by atoms with Gasteiger partial charge in [0.1, 0.15) is 0 Å². The van der Waals surface area contributed by atoms with Gasteiger partial charge in [-0.1, -0.05) is 18.2 Å². The zero-order valence-electron chi connectivity index (χ0n) is 15.9. The van der Waals surface area contributed by atoms with E-state index in [9.17, 15) is 5.11 Å². The molecule has 0 bridgehead atoms. The fraction of sp³-hybridized carbons (Fsp3) is 0.316. The molecular weight excluding hydrogens is 406 g/mol. The third-order valence-electron chi connectivity index (χ3n) is 3.97. The Kier molecular flexibility index (Phi) is 9.10. The van der Waals surface area contributed by atoms with Crippen LogP contribution < -0.4 is 11.5 Å². The number of hydrogen-bond donors (Lipinski definition) is 6. The summed E-state index contributed by atoms with van der Waals surface area (Å²) in [6.07, 6.45) is 5.35. The fourth-order valence-corrected chi connectivity index (χ4v) is 3.90. The largest absolute Gasteiger partial charge is 0.378 e. The number of nitrogens with zero attached hydrogens (tertiary/aromatic N) is 2. The van der Waals surface area contributed by atoms with Crippen molar-refractivity contribution < 1.29 is 5.11 Å². The molecule has 8 nitrogen and oxygen atoms in total. The Hall–Kier alpha value is -2.43. The van der Waals surface area contributed by atoms with Gasteiger partial charge in [-0.3, -0.25) is 21.2 Å². The normalized spacial score (nSPS) is 12.7. The maximum Gasteiger partial charge on any atom is 0.162 e. The summed E-state index contributed by atoms with van der Waals surface area (Å²) in [6, 6.07) is 7.73. The SMILES string of the molecule is N=C(N)SC(=N)CCCCC(=N)SC(N)=NC(O)Cc1cccc2cnccc12. The Balaban J connectivity index is 1.78. The van der Waals surface area contributed by atoms with E-state index in [2.05, 4.69) is 9.98 Å². The molecule has 0 aliphatic heterocycles. The minimum atomic E-state index is -0.988. The predicted octanol–water partition coefficient (Wildman–Crippen LogP) is 3.29. The number of aliphatic imine (C=N–C) groups is 1. The third-order valence-corrected chi connectivity index (χ3v) is 5.40. The van der Waals surface area contributed by atoms with Crippen molar-refractivity contribution in [2.45, 2.75) is 38.3 Å². The number of amidine groups is 2. The first kappa shape index (κ1) is 22.9. The molecule has 8 N–H and O–H groups in total. The average Bonchev–Trinajstić information content (AvgIpc) is 2.64. The Labute approximate surface area is 178 Å².